The first-order valence-corrected chi connectivity index (χ1v) is 8.40. The zero-order valence-corrected chi connectivity index (χ0v) is 17.7. The third-order valence-electron chi connectivity index (χ3n) is 4.09. The maximum absolute atomic E-state index is 9.96. The largest absolute Gasteiger partial charge is 1.00 e. The number of rotatable bonds is 4. The molecule has 1 aromatic carbocycles. The van der Waals surface area contributed by atoms with Crippen molar-refractivity contribution in [3.05, 3.63) is 46.6 Å². The molecular weight excluding hydrogens is 381 g/mol. The summed E-state index contributed by atoms with van der Waals surface area (Å²) in [6.45, 7) is 4.65. The number of halogens is 1. The third kappa shape index (κ3) is 4.64. The molecule has 0 unspecified atom stereocenters. The van der Waals surface area contributed by atoms with Crippen molar-refractivity contribution < 1.29 is 40.8 Å². The van der Waals surface area contributed by atoms with E-state index in [4.69, 9.17) is 4.74 Å². The van der Waals surface area contributed by atoms with E-state index in [-0.39, 0.29) is 36.7 Å². The van der Waals surface area contributed by atoms with E-state index in [1.54, 1.807) is 13.2 Å². The zero-order chi connectivity index (χ0) is 16.2. The van der Waals surface area contributed by atoms with Gasteiger partial charge in [0.2, 0.25) is 0 Å². The summed E-state index contributed by atoms with van der Waals surface area (Å²) in [4.78, 5) is 9.09. The Bertz CT molecular complexity index is 670. The van der Waals surface area contributed by atoms with Gasteiger partial charge >= 0.3 is 29.6 Å². The SMILES string of the molecule is COc1cc(Br)c(CN2CCN(c3ccccn3)CC2)cc1O.[H-].[Na+]. The molecule has 2 heterocycles. The number of ether oxygens (including phenoxy) is 1. The van der Waals surface area contributed by atoms with E-state index in [1.807, 2.05) is 30.5 Å². The molecule has 0 saturated carbocycles. The average Bonchev–Trinajstić information content (AvgIpc) is 2.59. The average molecular weight is 402 g/mol. The molecule has 1 N–H and O–H groups in total. The molecule has 1 aromatic heterocycles. The summed E-state index contributed by atoms with van der Waals surface area (Å²) in [5.74, 6) is 1.70. The molecule has 1 saturated heterocycles. The van der Waals surface area contributed by atoms with Crippen LogP contribution in [0.4, 0.5) is 5.82 Å². The number of hydrogen-bond donors (Lipinski definition) is 1. The minimum Gasteiger partial charge on any atom is -1.00 e. The number of anilines is 1. The Morgan fingerprint density at radius 2 is 2.00 bits per heavy atom. The second kappa shape index (κ2) is 9.06. The molecule has 7 heteroatoms. The number of piperazine rings is 1. The molecule has 1 aliphatic heterocycles. The van der Waals surface area contributed by atoms with Crippen LogP contribution in [0, 0.1) is 0 Å². The summed E-state index contributed by atoms with van der Waals surface area (Å²) >= 11 is 3.56. The van der Waals surface area contributed by atoms with Crippen molar-refractivity contribution in [3.8, 4) is 11.5 Å². The zero-order valence-electron chi connectivity index (χ0n) is 15.1. The van der Waals surface area contributed by atoms with E-state index in [1.165, 1.54) is 0 Å². The molecule has 124 valence electrons. The van der Waals surface area contributed by atoms with Crippen molar-refractivity contribution in [2.24, 2.45) is 0 Å². The molecule has 0 bridgehead atoms. The molecule has 5 nitrogen and oxygen atoms in total. The van der Waals surface area contributed by atoms with Crippen molar-refractivity contribution in [1.29, 1.82) is 0 Å². The van der Waals surface area contributed by atoms with Crippen LogP contribution in [0.15, 0.2) is 41.0 Å². The Morgan fingerprint density at radius 1 is 1.25 bits per heavy atom. The second-order valence-corrected chi connectivity index (χ2v) is 6.42. The van der Waals surface area contributed by atoms with Crippen LogP contribution in [-0.2, 0) is 6.54 Å². The van der Waals surface area contributed by atoms with Crippen LogP contribution in [0.1, 0.15) is 6.99 Å². The van der Waals surface area contributed by atoms with Gasteiger partial charge in [-0.05, 0) is 29.8 Å². The molecule has 0 spiro atoms. The van der Waals surface area contributed by atoms with Crippen LogP contribution in [0.3, 0.4) is 0 Å². The summed E-state index contributed by atoms with van der Waals surface area (Å²) < 4.78 is 6.08. The topological polar surface area (TPSA) is 48.8 Å². The van der Waals surface area contributed by atoms with Crippen LogP contribution < -0.4 is 39.2 Å². The van der Waals surface area contributed by atoms with Gasteiger partial charge in [-0.1, -0.05) is 22.0 Å². The van der Waals surface area contributed by atoms with E-state index in [0.29, 0.717) is 5.75 Å². The maximum atomic E-state index is 9.96. The minimum atomic E-state index is 0. The predicted octanol–water partition coefficient (Wildman–Crippen LogP) is -0.00300. The maximum Gasteiger partial charge on any atom is 1.00 e. The van der Waals surface area contributed by atoms with Crippen molar-refractivity contribution in [2.75, 3.05) is 38.2 Å². The summed E-state index contributed by atoms with van der Waals surface area (Å²) in [5.41, 5.74) is 1.06. The van der Waals surface area contributed by atoms with Gasteiger partial charge in [-0.3, -0.25) is 4.90 Å². The van der Waals surface area contributed by atoms with Crippen molar-refractivity contribution >= 4 is 21.7 Å². The Balaban J connectivity index is 0.00000156. The Morgan fingerprint density at radius 3 is 2.62 bits per heavy atom. The molecule has 0 amide bonds. The van der Waals surface area contributed by atoms with Gasteiger partial charge in [-0.2, -0.15) is 0 Å². The van der Waals surface area contributed by atoms with Crippen LogP contribution in [0.5, 0.6) is 11.5 Å². The van der Waals surface area contributed by atoms with Gasteiger partial charge in [0.25, 0.3) is 0 Å². The Hall–Kier alpha value is -0.790. The first kappa shape index (κ1) is 19.5. The van der Waals surface area contributed by atoms with Gasteiger partial charge in [0.15, 0.2) is 11.5 Å². The Labute approximate surface area is 174 Å². The van der Waals surface area contributed by atoms with Crippen molar-refractivity contribution in [2.45, 2.75) is 6.54 Å². The van der Waals surface area contributed by atoms with Gasteiger partial charge in [-0.25, -0.2) is 4.98 Å². The fourth-order valence-electron chi connectivity index (χ4n) is 2.79. The monoisotopic (exact) mass is 401 g/mol. The van der Waals surface area contributed by atoms with Crippen LogP contribution in [-0.4, -0.2) is 48.3 Å². The molecule has 3 rings (SSSR count). The first-order valence-electron chi connectivity index (χ1n) is 7.61. The second-order valence-electron chi connectivity index (χ2n) is 5.57. The molecule has 0 radical (unpaired) electrons. The Kier molecular flexibility index (Phi) is 7.37. The minimum absolute atomic E-state index is 0. The van der Waals surface area contributed by atoms with Crippen LogP contribution >= 0.6 is 15.9 Å². The number of benzene rings is 1. The molecule has 2 aromatic rings. The number of hydrogen-bond acceptors (Lipinski definition) is 5. The number of aromatic hydroxyl groups is 1. The van der Waals surface area contributed by atoms with Gasteiger partial charge in [0.05, 0.1) is 7.11 Å². The molecule has 0 atom stereocenters. The number of nitrogens with zero attached hydrogens (tertiary/aromatic N) is 3. The van der Waals surface area contributed by atoms with Gasteiger partial charge in [-0.15, -0.1) is 0 Å². The van der Waals surface area contributed by atoms with E-state index >= 15 is 0 Å². The van der Waals surface area contributed by atoms with E-state index in [9.17, 15) is 5.11 Å². The van der Waals surface area contributed by atoms with Gasteiger partial charge in [0, 0.05) is 43.4 Å². The normalized spacial score (nSPS) is 15.0. The molecule has 0 aliphatic carbocycles. The van der Waals surface area contributed by atoms with E-state index in [0.717, 1.165) is 48.6 Å². The van der Waals surface area contributed by atoms with E-state index in [2.05, 4.69) is 30.7 Å². The standard InChI is InChI=1S/C17H20BrN3O2.Na.H/c1-23-16-11-14(18)13(10-15(16)22)12-20-6-8-21(9-7-20)17-4-2-3-5-19-17;;/h2-5,10-11,22H,6-9,12H2,1H3;;/q;+1;-1. The van der Waals surface area contributed by atoms with Crippen molar-refractivity contribution in [1.82, 2.24) is 9.88 Å². The summed E-state index contributed by atoms with van der Waals surface area (Å²) in [5, 5.41) is 9.96. The molecular formula is C17H21BrN3NaO2. The van der Waals surface area contributed by atoms with Crippen LogP contribution in [0.25, 0.3) is 0 Å². The summed E-state index contributed by atoms with van der Waals surface area (Å²) in [6.07, 6.45) is 1.83. The number of methoxy groups -OCH3 is 1. The molecule has 1 aliphatic rings. The predicted molar refractivity (Wildman–Crippen MR) is 95.2 cm³/mol. The fraction of sp³-hybridized carbons (Fsp3) is 0.353. The summed E-state index contributed by atoms with van der Waals surface area (Å²) in [6, 6.07) is 9.59. The van der Waals surface area contributed by atoms with Gasteiger partial charge < -0.3 is 16.2 Å². The fourth-order valence-corrected chi connectivity index (χ4v) is 3.24. The summed E-state index contributed by atoms with van der Waals surface area (Å²) in [7, 11) is 1.55. The number of pyridine rings is 1. The first-order chi connectivity index (χ1) is 11.2. The number of phenols is 1. The van der Waals surface area contributed by atoms with Crippen molar-refractivity contribution in [3.63, 3.8) is 0 Å². The number of aromatic nitrogens is 1. The number of phenolic OH excluding ortho intramolecular Hbond substituents is 1. The van der Waals surface area contributed by atoms with Gasteiger partial charge in [0.1, 0.15) is 5.82 Å². The third-order valence-corrected chi connectivity index (χ3v) is 4.83. The van der Waals surface area contributed by atoms with E-state index < -0.39 is 0 Å². The molecule has 24 heavy (non-hydrogen) atoms. The van der Waals surface area contributed by atoms with Crippen LogP contribution in [0.2, 0.25) is 0 Å². The quantitative estimate of drug-likeness (QED) is 0.730. The molecule has 1 fully saturated rings. The smallest absolute Gasteiger partial charge is 1.00 e.